The summed E-state index contributed by atoms with van der Waals surface area (Å²) in [5.41, 5.74) is 2.84. The third-order valence-corrected chi connectivity index (χ3v) is 8.16. The average Bonchev–Trinajstić information content (AvgIpc) is 3.40. The van der Waals surface area contributed by atoms with Crippen LogP contribution in [0.15, 0.2) is 53.4 Å². The molecule has 7 heteroatoms. The third kappa shape index (κ3) is 3.60. The Hall–Kier alpha value is -2.41. The zero-order valence-corrected chi connectivity index (χ0v) is 19.7. The SMILES string of the molecule is O=C(NCCn1cc(Br)cn1)c1cn(-c2ccccc2)nc1C12CC3CC(CC(C3)C1)C2. The Morgan fingerprint density at radius 1 is 1.06 bits per heavy atom. The van der Waals surface area contributed by atoms with Crippen LogP contribution in [0.3, 0.4) is 0 Å². The van der Waals surface area contributed by atoms with Gasteiger partial charge in [0, 0.05) is 24.4 Å². The van der Waals surface area contributed by atoms with Crippen molar-refractivity contribution in [2.45, 2.75) is 50.5 Å². The summed E-state index contributed by atoms with van der Waals surface area (Å²) in [4.78, 5) is 13.4. The molecule has 0 saturated heterocycles. The second kappa shape index (κ2) is 7.87. The second-order valence-electron chi connectivity index (χ2n) is 10.0. The van der Waals surface area contributed by atoms with Gasteiger partial charge in [0.05, 0.1) is 34.2 Å². The minimum atomic E-state index is -0.0239. The Kier molecular flexibility index (Phi) is 4.97. The van der Waals surface area contributed by atoms with Crippen LogP contribution in [-0.2, 0) is 12.0 Å². The Balaban J connectivity index is 1.31. The van der Waals surface area contributed by atoms with E-state index >= 15 is 0 Å². The van der Waals surface area contributed by atoms with Crippen molar-refractivity contribution in [1.82, 2.24) is 24.9 Å². The van der Waals surface area contributed by atoms with Crippen LogP contribution in [0.1, 0.15) is 54.6 Å². The van der Waals surface area contributed by atoms with Crippen molar-refractivity contribution in [3.05, 3.63) is 64.7 Å². The van der Waals surface area contributed by atoms with E-state index in [2.05, 4.69) is 26.3 Å². The van der Waals surface area contributed by atoms with Crippen molar-refractivity contribution in [2.75, 3.05) is 6.54 Å². The molecule has 4 saturated carbocycles. The minimum absolute atomic E-state index is 0.0239. The molecule has 7 rings (SSSR count). The molecule has 0 spiro atoms. The number of nitrogens with zero attached hydrogens (tertiary/aromatic N) is 4. The molecular weight excluding hydrogens is 466 g/mol. The summed E-state index contributed by atoms with van der Waals surface area (Å²) in [6.45, 7) is 1.17. The minimum Gasteiger partial charge on any atom is -0.350 e. The van der Waals surface area contributed by atoms with Gasteiger partial charge in [-0.15, -0.1) is 0 Å². The normalized spacial score (nSPS) is 28.2. The highest BCUT2D eigenvalue weighted by Gasteiger charge is 2.53. The summed E-state index contributed by atoms with van der Waals surface area (Å²) in [6.07, 6.45) is 13.3. The molecule has 1 N–H and O–H groups in total. The third-order valence-electron chi connectivity index (χ3n) is 7.75. The van der Waals surface area contributed by atoms with Gasteiger partial charge in [0.1, 0.15) is 0 Å². The fraction of sp³-hybridized carbons (Fsp3) is 0.480. The summed E-state index contributed by atoms with van der Waals surface area (Å²) in [5, 5.41) is 12.5. The van der Waals surface area contributed by atoms with Crippen LogP contribution in [0.2, 0.25) is 0 Å². The first-order valence-corrected chi connectivity index (χ1v) is 12.5. The number of aromatic nitrogens is 4. The summed E-state index contributed by atoms with van der Waals surface area (Å²) in [5.74, 6) is 2.39. The van der Waals surface area contributed by atoms with E-state index in [0.717, 1.165) is 39.2 Å². The first kappa shape index (κ1) is 20.2. The number of carbonyl (C=O) groups excluding carboxylic acids is 1. The summed E-state index contributed by atoms with van der Waals surface area (Å²) in [7, 11) is 0. The molecule has 3 aromatic rings. The van der Waals surface area contributed by atoms with Crippen LogP contribution >= 0.6 is 15.9 Å². The summed E-state index contributed by atoms with van der Waals surface area (Å²) >= 11 is 3.42. The lowest BCUT2D eigenvalue weighted by molar-refractivity contribution is -0.00770. The van der Waals surface area contributed by atoms with E-state index < -0.39 is 0 Å². The van der Waals surface area contributed by atoms with Crippen LogP contribution in [0.5, 0.6) is 0 Å². The largest absolute Gasteiger partial charge is 0.350 e. The molecule has 0 atom stereocenters. The molecule has 6 nitrogen and oxygen atoms in total. The Bertz CT molecular complexity index is 1100. The van der Waals surface area contributed by atoms with Gasteiger partial charge in [-0.1, -0.05) is 18.2 Å². The number of rotatable bonds is 6. The predicted molar refractivity (Wildman–Crippen MR) is 126 cm³/mol. The Labute approximate surface area is 196 Å². The molecule has 1 aromatic carbocycles. The predicted octanol–water partition coefficient (Wildman–Crippen LogP) is 4.73. The molecule has 32 heavy (non-hydrogen) atoms. The maximum atomic E-state index is 13.4. The second-order valence-corrected chi connectivity index (χ2v) is 11.0. The molecule has 0 unspecified atom stereocenters. The molecule has 4 fully saturated rings. The number of benzene rings is 1. The lowest BCUT2D eigenvalue weighted by atomic mass is 9.48. The fourth-order valence-corrected chi connectivity index (χ4v) is 7.21. The molecule has 0 aliphatic heterocycles. The van der Waals surface area contributed by atoms with Gasteiger partial charge in [0.15, 0.2) is 0 Å². The smallest absolute Gasteiger partial charge is 0.254 e. The van der Waals surface area contributed by atoms with Crippen LogP contribution in [0, 0.1) is 17.8 Å². The zero-order chi connectivity index (χ0) is 21.7. The number of nitrogens with one attached hydrogen (secondary N) is 1. The molecule has 4 aliphatic rings. The van der Waals surface area contributed by atoms with Crippen molar-refractivity contribution in [3.8, 4) is 5.69 Å². The number of halogens is 1. The highest BCUT2D eigenvalue weighted by Crippen LogP contribution is 2.60. The number of hydrogen-bond donors (Lipinski definition) is 1. The molecular formula is C25H28BrN5O. The van der Waals surface area contributed by atoms with Gasteiger partial charge in [-0.05, 0) is 84.3 Å². The quantitative estimate of drug-likeness (QED) is 0.539. The summed E-state index contributed by atoms with van der Waals surface area (Å²) in [6, 6.07) is 10.1. The highest BCUT2D eigenvalue weighted by molar-refractivity contribution is 9.10. The maximum absolute atomic E-state index is 13.4. The van der Waals surface area contributed by atoms with Gasteiger partial charge in [0.2, 0.25) is 0 Å². The Morgan fingerprint density at radius 2 is 1.75 bits per heavy atom. The Morgan fingerprint density at radius 3 is 2.38 bits per heavy atom. The van der Waals surface area contributed by atoms with Gasteiger partial charge in [-0.2, -0.15) is 10.2 Å². The van der Waals surface area contributed by atoms with Gasteiger partial charge < -0.3 is 5.32 Å². The van der Waals surface area contributed by atoms with E-state index in [1.54, 1.807) is 6.20 Å². The van der Waals surface area contributed by atoms with E-state index in [9.17, 15) is 4.79 Å². The van der Waals surface area contributed by atoms with Crippen molar-refractivity contribution in [1.29, 1.82) is 0 Å². The zero-order valence-electron chi connectivity index (χ0n) is 18.1. The van der Waals surface area contributed by atoms with E-state index in [4.69, 9.17) is 5.10 Å². The fourth-order valence-electron chi connectivity index (χ4n) is 6.89. The molecule has 4 bridgehead atoms. The van der Waals surface area contributed by atoms with Crippen molar-refractivity contribution in [2.24, 2.45) is 17.8 Å². The van der Waals surface area contributed by atoms with Gasteiger partial charge >= 0.3 is 0 Å². The van der Waals surface area contributed by atoms with E-state index in [1.165, 1.54) is 38.5 Å². The van der Waals surface area contributed by atoms with Crippen molar-refractivity contribution in [3.63, 3.8) is 0 Å². The molecule has 1 amide bonds. The lowest BCUT2D eigenvalue weighted by Gasteiger charge is -2.56. The van der Waals surface area contributed by atoms with Gasteiger partial charge in [0.25, 0.3) is 5.91 Å². The average molecular weight is 494 g/mol. The topological polar surface area (TPSA) is 64.7 Å². The number of hydrogen-bond acceptors (Lipinski definition) is 3. The highest BCUT2D eigenvalue weighted by atomic mass is 79.9. The first-order valence-electron chi connectivity index (χ1n) is 11.7. The van der Waals surface area contributed by atoms with Crippen LogP contribution < -0.4 is 5.32 Å². The molecule has 2 aromatic heterocycles. The van der Waals surface area contributed by atoms with E-state index in [-0.39, 0.29) is 11.3 Å². The van der Waals surface area contributed by atoms with Crippen LogP contribution in [0.25, 0.3) is 5.69 Å². The molecule has 2 heterocycles. The first-order chi connectivity index (χ1) is 15.6. The lowest BCUT2D eigenvalue weighted by Crippen LogP contribution is -2.49. The van der Waals surface area contributed by atoms with Gasteiger partial charge in [-0.3, -0.25) is 9.48 Å². The van der Waals surface area contributed by atoms with E-state index in [0.29, 0.717) is 13.1 Å². The number of para-hydroxylation sites is 1. The number of amides is 1. The standard InChI is InChI=1S/C25H28BrN5O/c26-20-14-28-30(15-20)7-6-27-24(32)22-16-31(21-4-2-1-3-5-21)29-23(22)25-11-17-8-18(12-25)10-19(9-17)13-25/h1-5,14-19H,6-13H2,(H,27,32). The van der Waals surface area contributed by atoms with Gasteiger partial charge in [-0.25, -0.2) is 4.68 Å². The van der Waals surface area contributed by atoms with Crippen molar-refractivity contribution < 1.29 is 4.79 Å². The molecule has 4 aliphatic carbocycles. The van der Waals surface area contributed by atoms with Crippen LogP contribution in [0.4, 0.5) is 0 Å². The summed E-state index contributed by atoms with van der Waals surface area (Å²) < 4.78 is 4.68. The maximum Gasteiger partial charge on any atom is 0.254 e. The number of carbonyl (C=O) groups is 1. The molecule has 166 valence electrons. The molecule has 0 radical (unpaired) electrons. The monoisotopic (exact) mass is 493 g/mol. The van der Waals surface area contributed by atoms with Crippen LogP contribution in [-0.4, -0.2) is 32.0 Å². The van der Waals surface area contributed by atoms with E-state index in [1.807, 2.05) is 52.1 Å². The van der Waals surface area contributed by atoms with Crippen molar-refractivity contribution >= 4 is 21.8 Å².